The average molecular weight is 366 g/mol. The Bertz CT molecular complexity index is 941. The fourth-order valence-electron chi connectivity index (χ4n) is 3.12. The highest BCUT2D eigenvalue weighted by atomic mass is 16.3. The summed E-state index contributed by atoms with van der Waals surface area (Å²) < 4.78 is 1.83. The Balaban J connectivity index is 1.87. The Morgan fingerprint density at radius 1 is 1.11 bits per heavy atom. The maximum atomic E-state index is 12.8. The maximum Gasteiger partial charge on any atom is 0.244 e. The monoisotopic (exact) mass is 366 g/mol. The molecule has 2 aromatic carbocycles. The first-order valence-corrected chi connectivity index (χ1v) is 9.09. The van der Waals surface area contributed by atoms with Crippen molar-refractivity contribution in [3.63, 3.8) is 0 Å². The van der Waals surface area contributed by atoms with Gasteiger partial charge in [0, 0.05) is 12.2 Å². The molecule has 0 aliphatic carbocycles. The van der Waals surface area contributed by atoms with Crippen LogP contribution in [-0.2, 0) is 16.8 Å². The summed E-state index contributed by atoms with van der Waals surface area (Å²) in [4.78, 5) is 17.3. The van der Waals surface area contributed by atoms with Crippen molar-refractivity contribution in [2.45, 2.75) is 32.7 Å². The van der Waals surface area contributed by atoms with Crippen LogP contribution >= 0.6 is 0 Å². The highest BCUT2D eigenvalue weighted by Gasteiger charge is 2.19. The molecule has 3 aromatic rings. The maximum absolute atomic E-state index is 12.8. The largest absolute Gasteiger partial charge is 0.395 e. The minimum Gasteiger partial charge on any atom is -0.395 e. The van der Waals surface area contributed by atoms with Crippen molar-refractivity contribution in [1.82, 2.24) is 9.55 Å². The minimum atomic E-state index is -0.123. The second kappa shape index (κ2) is 7.80. The second-order valence-corrected chi connectivity index (χ2v) is 7.50. The Hall–Kier alpha value is -2.86. The summed E-state index contributed by atoms with van der Waals surface area (Å²) in [5.41, 5.74) is 3.52. The molecule has 0 saturated heterocycles. The molecular formula is C21H26N4O2. The van der Waals surface area contributed by atoms with Gasteiger partial charge in [0.1, 0.15) is 6.54 Å². The lowest BCUT2D eigenvalue weighted by Gasteiger charge is -2.23. The zero-order chi connectivity index (χ0) is 19.4. The van der Waals surface area contributed by atoms with Crippen molar-refractivity contribution < 1.29 is 9.90 Å². The van der Waals surface area contributed by atoms with Gasteiger partial charge in [0.15, 0.2) is 0 Å². The molecule has 0 saturated carbocycles. The molecule has 6 heteroatoms. The smallest absolute Gasteiger partial charge is 0.244 e. The van der Waals surface area contributed by atoms with Gasteiger partial charge in [-0.3, -0.25) is 4.79 Å². The Kier molecular flexibility index (Phi) is 5.46. The highest BCUT2D eigenvalue weighted by molar-refractivity contribution is 5.93. The predicted octanol–water partition coefficient (Wildman–Crippen LogP) is 3.38. The van der Waals surface area contributed by atoms with Crippen LogP contribution in [0, 0.1) is 0 Å². The number of aliphatic hydroxyl groups is 1. The number of amides is 1. The zero-order valence-corrected chi connectivity index (χ0v) is 16.0. The number of fused-ring (bicyclic) bond motifs is 1. The number of aromatic nitrogens is 2. The van der Waals surface area contributed by atoms with Crippen molar-refractivity contribution in [1.29, 1.82) is 0 Å². The molecule has 0 atom stereocenters. The van der Waals surface area contributed by atoms with E-state index in [1.165, 1.54) is 0 Å². The van der Waals surface area contributed by atoms with Crippen molar-refractivity contribution in [3.8, 4) is 0 Å². The Morgan fingerprint density at radius 2 is 1.81 bits per heavy atom. The fourth-order valence-corrected chi connectivity index (χ4v) is 3.12. The minimum absolute atomic E-state index is 0.00560. The molecule has 0 radical (unpaired) electrons. The topological polar surface area (TPSA) is 79.2 Å². The number of imidazole rings is 1. The van der Waals surface area contributed by atoms with Gasteiger partial charge in [0.2, 0.25) is 11.9 Å². The van der Waals surface area contributed by atoms with E-state index < -0.39 is 0 Å². The van der Waals surface area contributed by atoms with Gasteiger partial charge in [-0.15, -0.1) is 0 Å². The van der Waals surface area contributed by atoms with Gasteiger partial charge in [-0.05, 0) is 29.2 Å². The number of nitrogens with zero attached hydrogens (tertiary/aromatic N) is 2. The number of aliphatic hydroxyl groups excluding tert-OH is 1. The van der Waals surface area contributed by atoms with Crippen molar-refractivity contribution in [3.05, 3.63) is 54.1 Å². The first-order valence-electron chi connectivity index (χ1n) is 9.09. The van der Waals surface area contributed by atoms with Crippen molar-refractivity contribution in [2.24, 2.45) is 0 Å². The molecule has 1 aromatic heterocycles. The fraction of sp³-hybridized carbons (Fsp3) is 0.333. The molecule has 1 heterocycles. The van der Waals surface area contributed by atoms with Gasteiger partial charge >= 0.3 is 0 Å². The summed E-state index contributed by atoms with van der Waals surface area (Å²) >= 11 is 0. The van der Waals surface area contributed by atoms with E-state index in [-0.39, 0.29) is 24.5 Å². The van der Waals surface area contributed by atoms with Crippen LogP contribution in [0.3, 0.4) is 0 Å². The number of rotatable bonds is 6. The summed E-state index contributed by atoms with van der Waals surface area (Å²) in [6.45, 7) is 6.87. The summed E-state index contributed by atoms with van der Waals surface area (Å²) in [7, 11) is 0. The van der Waals surface area contributed by atoms with Crippen LogP contribution in [0.15, 0.2) is 48.5 Å². The van der Waals surface area contributed by atoms with E-state index in [9.17, 15) is 4.79 Å². The van der Waals surface area contributed by atoms with Crippen LogP contribution in [0.1, 0.15) is 26.3 Å². The highest BCUT2D eigenvalue weighted by Crippen LogP contribution is 2.29. The first kappa shape index (κ1) is 18.9. The van der Waals surface area contributed by atoms with Crippen LogP contribution in [0.4, 0.5) is 11.6 Å². The summed E-state index contributed by atoms with van der Waals surface area (Å²) in [5, 5.41) is 15.2. The normalized spacial score (nSPS) is 11.6. The lowest BCUT2D eigenvalue weighted by Crippen LogP contribution is -2.23. The van der Waals surface area contributed by atoms with Crippen molar-refractivity contribution in [2.75, 3.05) is 23.8 Å². The molecule has 0 fully saturated rings. The first-order chi connectivity index (χ1) is 12.9. The van der Waals surface area contributed by atoms with Crippen LogP contribution in [0.5, 0.6) is 0 Å². The number of hydrogen-bond donors (Lipinski definition) is 3. The van der Waals surface area contributed by atoms with E-state index >= 15 is 0 Å². The van der Waals surface area contributed by atoms with Gasteiger partial charge in [0.05, 0.1) is 17.6 Å². The molecule has 0 unspecified atom stereocenters. The standard InChI is InChI=1S/C21H26N4O2/c1-21(2,3)15-8-4-5-9-16(15)23-19(27)14-25-18-11-7-6-10-17(18)24-20(25)22-12-13-26/h4-11,26H,12-14H2,1-3H3,(H,22,24)(H,23,27). The number of carbonyl (C=O) groups is 1. The number of hydrogen-bond acceptors (Lipinski definition) is 4. The number of para-hydroxylation sites is 3. The van der Waals surface area contributed by atoms with Gasteiger partial charge in [-0.25, -0.2) is 4.98 Å². The molecule has 142 valence electrons. The molecular weight excluding hydrogens is 340 g/mol. The number of anilines is 2. The molecule has 0 aliphatic rings. The van der Waals surface area contributed by atoms with Gasteiger partial charge < -0.3 is 20.3 Å². The summed E-state index contributed by atoms with van der Waals surface area (Å²) in [6, 6.07) is 15.5. The third-order valence-corrected chi connectivity index (χ3v) is 4.36. The van der Waals surface area contributed by atoms with E-state index in [4.69, 9.17) is 5.11 Å². The Labute approximate surface area is 159 Å². The van der Waals surface area contributed by atoms with Gasteiger partial charge in [-0.1, -0.05) is 51.1 Å². The van der Waals surface area contributed by atoms with E-state index in [0.29, 0.717) is 12.5 Å². The van der Waals surface area contributed by atoms with Crippen LogP contribution in [0.2, 0.25) is 0 Å². The number of carbonyl (C=O) groups excluding carboxylic acids is 1. The molecule has 0 spiro atoms. The summed E-state index contributed by atoms with van der Waals surface area (Å²) in [5.74, 6) is 0.450. The molecule has 3 N–H and O–H groups in total. The third-order valence-electron chi connectivity index (χ3n) is 4.36. The number of nitrogens with one attached hydrogen (secondary N) is 2. The lowest BCUT2D eigenvalue weighted by atomic mass is 9.86. The van der Waals surface area contributed by atoms with Crippen LogP contribution < -0.4 is 10.6 Å². The SMILES string of the molecule is CC(C)(C)c1ccccc1NC(=O)Cn1c(NCCO)nc2ccccc21. The van der Waals surface area contributed by atoms with E-state index in [1.807, 2.05) is 53.1 Å². The van der Waals surface area contributed by atoms with E-state index in [0.717, 1.165) is 22.3 Å². The quantitative estimate of drug-likeness (QED) is 0.625. The average Bonchev–Trinajstić information content (AvgIpc) is 2.97. The molecule has 0 bridgehead atoms. The Morgan fingerprint density at radius 3 is 2.56 bits per heavy atom. The molecule has 0 aliphatic heterocycles. The predicted molar refractivity (Wildman–Crippen MR) is 109 cm³/mol. The van der Waals surface area contributed by atoms with Gasteiger partial charge in [0.25, 0.3) is 0 Å². The third kappa shape index (κ3) is 4.28. The second-order valence-electron chi connectivity index (χ2n) is 7.50. The van der Waals surface area contributed by atoms with E-state index in [1.54, 1.807) is 0 Å². The molecule has 1 amide bonds. The van der Waals surface area contributed by atoms with Gasteiger partial charge in [-0.2, -0.15) is 0 Å². The lowest BCUT2D eigenvalue weighted by molar-refractivity contribution is -0.116. The zero-order valence-electron chi connectivity index (χ0n) is 16.0. The molecule has 6 nitrogen and oxygen atoms in total. The molecule has 27 heavy (non-hydrogen) atoms. The van der Waals surface area contributed by atoms with Crippen molar-refractivity contribution >= 4 is 28.6 Å². The summed E-state index contributed by atoms with van der Waals surface area (Å²) in [6.07, 6.45) is 0. The van der Waals surface area contributed by atoms with Crippen LogP contribution in [-0.4, -0.2) is 33.7 Å². The number of benzene rings is 2. The van der Waals surface area contributed by atoms with Crippen LogP contribution in [0.25, 0.3) is 11.0 Å². The molecule has 3 rings (SSSR count). The van der Waals surface area contributed by atoms with E-state index in [2.05, 4.69) is 36.4 Å².